The van der Waals surface area contributed by atoms with E-state index in [-0.39, 0.29) is 12.0 Å². The zero-order valence-electron chi connectivity index (χ0n) is 14.5. The number of rotatable bonds is 3. The highest BCUT2D eigenvalue weighted by Gasteiger charge is 2.33. The molecule has 0 unspecified atom stereocenters. The maximum absolute atomic E-state index is 9.81. The zero-order chi connectivity index (χ0) is 17.6. The van der Waals surface area contributed by atoms with Gasteiger partial charge in [0, 0.05) is 24.7 Å². The average Bonchev–Trinajstić information content (AvgIpc) is 3.25. The van der Waals surface area contributed by atoms with Gasteiger partial charge in [0.1, 0.15) is 23.3 Å². The number of nitrogens with zero attached hydrogens (tertiary/aromatic N) is 5. The molecule has 3 aromatic rings. The van der Waals surface area contributed by atoms with Gasteiger partial charge in [-0.2, -0.15) is 5.26 Å². The van der Waals surface area contributed by atoms with Crippen molar-refractivity contribution in [1.29, 1.82) is 5.26 Å². The number of pyridine rings is 1. The van der Waals surface area contributed by atoms with Crippen LogP contribution in [0.5, 0.6) is 0 Å². The van der Waals surface area contributed by atoms with Crippen molar-refractivity contribution in [2.24, 2.45) is 11.3 Å². The average molecular weight is 338 g/mol. The van der Waals surface area contributed by atoms with Crippen LogP contribution < -0.4 is 5.01 Å². The maximum atomic E-state index is 9.81. The van der Waals surface area contributed by atoms with Gasteiger partial charge in [-0.3, -0.25) is 0 Å². The smallest absolute Gasteiger partial charge is 0.154 e. The summed E-state index contributed by atoms with van der Waals surface area (Å²) in [5, 5.41) is 22.4. The molecule has 0 aromatic carbocycles. The molecule has 4 rings (SSSR count). The molecular weight excluding hydrogens is 316 g/mol. The molecule has 130 valence electrons. The third kappa shape index (κ3) is 2.45. The number of hydrogen-bond acceptors (Lipinski definition) is 5. The van der Waals surface area contributed by atoms with E-state index in [1.807, 2.05) is 30.8 Å². The first kappa shape index (κ1) is 15.9. The molecule has 0 aliphatic carbocycles. The van der Waals surface area contributed by atoms with Crippen molar-refractivity contribution < 1.29 is 5.11 Å². The highest BCUT2D eigenvalue weighted by atomic mass is 16.3. The number of aliphatic hydroxyl groups is 1. The Morgan fingerprint density at radius 1 is 1.40 bits per heavy atom. The molecule has 7 nitrogen and oxygen atoms in total. The molecule has 25 heavy (non-hydrogen) atoms. The molecule has 1 aliphatic rings. The van der Waals surface area contributed by atoms with Crippen LogP contribution in [0.2, 0.25) is 0 Å². The summed E-state index contributed by atoms with van der Waals surface area (Å²) in [7, 11) is 0. The minimum Gasteiger partial charge on any atom is -0.388 e. The van der Waals surface area contributed by atoms with Crippen LogP contribution in [0.15, 0.2) is 18.5 Å². The van der Waals surface area contributed by atoms with Crippen molar-refractivity contribution in [3.05, 3.63) is 24.3 Å². The molecular formula is C18H22N6O. The Balaban J connectivity index is 1.75. The van der Waals surface area contributed by atoms with Gasteiger partial charge < -0.3 is 15.1 Å². The van der Waals surface area contributed by atoms with Crippen LogP contribution in [0, 0.1) is 22.7 Å². The second-order valence-electron chi connectivity index (χ2n) is 7.29. The van der Waals surface area contributed by atoms with E-state index in [0.717, 1.165) is 48.0 Å². The minimum absolute atomic E-state index is 0.121. The fourth-order valence-electron chi connectivity index (χ4n) is 3.89. The SMILES string of the molecule is CC(C)(C#N)C1CCN(n2c(CO)nc3cnc4[nH]ccc4c32)CC1. The van der Waals surface area contributed by atoms with Crippen LogP contribution >= 0.6 is 0 Å². The summed E-state index contributed by atoms with van der Waals surface area (Å²) in [5.74, 6) is 1.01. The largest absolute Gasteiger partial charge is 0.388 e. The third-order valence-electron chi connectivity index (χ3n) is 5.45. The van der Waals surface area contributed by atoms with Gasteiger partial charge in [0.25, 0.3) is 0 Å². The van der Waals surface area contributed by atoms with Crippen LogP contribution in [0.25, 0.3) is 22.1 Å². The fraction of sp³-hybridized carbons (Fsp3) is 0.500. The second kappa shape index (κ2) is 5.74. The number of fused-ring (bicyclic) bond motifs is 3. The van der Waals surface area contributed by atoms with E-state index in [4.69, 9.17) is 0 Å². The predicted octanol–water partition coefficient (Wildman–Crippen LogP) is 2.30. The standard InChI is InChI=1S/C18H22N6O/c1-18(2,11-19)12-4-7-23(8-5-12)24-15(10-25)22-14-9-21-17-13(16(14)24)3-6-20-17/h3,6,9,12,25H,4-5,7-8,10H2,1-2H3,(H,20,21). The van der Waals surface area contributed by atoms with E-state index in [1.165, 1.54) is 0 Å². The number of aromatic nitrogens is 4. The topological polar surface area (TPSA) is 93.8 Å². The van der Waals surface area contributed by atoms with Crippen LogP contribution in [0.4, 0.5) is 0 Å². The second-order valence-corrected chi connectivity index (χ2v) is 7.29. The number of aromatic amines is 1. The van der Waals surface area contributed by atoms with Gasteiger partial charge in [0.2, 0.25) is 0 Å². The van der Waals surface area contributed by atoms with Gasteiger partial charge in [-0.25, -0.2) is 14.6 Å². The lowest BCUT2D eigenvalue weighted by atomic mass is 9.75. The number of aliphatic hydroxyl groups excluding tert-OH is 1. The van der Waals surface area contributed by atoms with Crippen molar-refractivity contribution in [2.75, 3.05) is 18.1 Å². The van der Waals surface area contributed by atoms with E-state index < -0.39 is 0 Å². The van der Waals surface area contributed by atoms with Gasteiger partial charge in [0.05, 0.1) is 17.7 Å². The Morgan fingerprint density at radius 3 is 2.84 bits per heavy atom. The molecule has 1 saturated heterocycles. The lowest BCUT2D eigenvalue weighted by Crippen LogP contribution is -2.45. The summed E-state index contributed by atoms with van der Waals surface area (Å²) in [6.45, 7) is 5.59. The summed E-state index contributed by atoms with van der Waals surface area (Å²) in [5.41, 5.74) is 2.28. The number of H-pyrrole nitrogens is 1. The Bertz CT molecular complexity index is 955. The van der Waals surface area contributed by atoms with E-state index in [0.29, 0.717) is 11.7 Å². The molecule has 2 N–H and O–H groups in total. The normalized spacial score (nSPS) is 16.6. The fourth-order valence-corrected chi connectivity index (χ4v) is 3.89. The first-order valence-electron chi connectivity index (χ1n) is 8.66. The molecule has 0 bridgehead atoms. The number of nitriles is 1. The monoisotopic (exact) mass is 338 g/mol. The minimum atomic E-state index is -0.305. The number of hydrogen-bond donors (Lipinski definition) is 2. The Morgan fingerprint density at radius 2 is 2.16 bits per heavy atom. The van der Waals surface area contributed by atoms with Gasteiger partial charge in [-0.15, -0.1) is 0 Å². The molecule has 4 heterocycles. The van der Waals surface area contributed by atoms with Crippen molar-refractivity contribution in [2.45, 2.75) is 33.3 Å². The van der Waals surface area contributed by atoms with Crippen molar-refractivity contribution in [3.8, 4) is 6.07 Å². The molecule has 0 amide bonds. The summed E-state index contributed by atoms with van der Waals surface area (Å²) in [4.78, 5) is 12.1. The zero-order valence-corrected chi connectivity index (χ0v) is 14.5. The predicted molar refractivity (Wildman–Crippen MR) is 95.4 cm³/mol. The quantitative estimate of drug-likeness (QED) is 0.764. The van der Waals surface area contributed by atoms with Gasteiger partial charge in [-0.05, 0) is 38.7 Å². The molecule has 7 heteroatoms. The molecule has 0 radical (unpaired) electrons. The van der Waals surface area contributed by atoms with Crippen LogP contribution in [0.3, 0.4) is 0 Å². The summed E-state index contributed by atoms with van der Waals surface area (Å²) in [6.07, 6.45) is 5.52. The van der Waals surface area contributed by atoms with Gasteiger partial charge in [0.15, 0.2) is 5.82 Å². The van der Waals surface area contributed by atoms with E-state index in [2.05, 4.69) is 26.0 Å². The van der Waals surface area contributed by atoms with Crippen molar-refractivity contribution in [1.82, 2.24) is 19.6 Å². The van der Waals surface area contributed by atoms with E-state index >= 15 is 0 Å². The lowest BCUT2D eigenvalue weighted by molar-refractivity contribution is 0.221. The lowest BCUT2D eigenvalue weighted by Gasteiger charge is -2.39. The molecule has 0 atom stereocenters. The van der Waals surface area contributed by atoms with Crippen LogP contribution in [0.1, 0.15) is 32.5 Å². The molecule has 1 fully saturated rings. The van der Waals surface area contributed by atoms with Gasteiger partial charge in [-0.1, -0.05) is 0 Å². The number of imidazole rings is 1. The number of piperidine rings is 1. The highest BCUT2D eigenvalue weighted by molar-refractivity contribution is 6.01. The number of nitrogens with one attached hydrogen (secondary N) is 1. The molecule has 1 aliphatic heterocycles. The van der Waals surface area contributed by atoms with Crippen molar-refractivity contribution in [3.63, 3.8) is 0 Å². The van der Waals surface area contributed by atoms with E-state index in [1.54, 1.807) is 6.20 Å². The van der Waals surface area contributed by atoms with Crippen LogP contribution in [-0.2, 0) is 6.61 Å². The first-order chi connectivity index (χ1) is 12.0. The Labute approximate surface area is 145 Å². The molecule has 0 saturated carbocycles. The summed E-state index contributed by atoms with van der Waals surface area (Å²) in [6, 6.07) is 4.44. The molecule has 3 aromatic heterocycles. The summed E-state index contributed by atoms with van der Waals surface area (Å²) >= 11 is 0. The summed E-state index contributed by atoms with van der Waals surface area (Å²) < 4.78 is 2.04. The van der Waals surface area contributed by atoms with Crippen LogP contribution in [-0.4, -0.2) is 37.8 Å². The van der Waals surface area contributed by atoms with E-state index in [9.17, 15) is 10.4 Å². The first-order valence-corrected chi connectivity index (χ1v) is 8.66. The molecule has 0 spiro atoms. The van der Waals surface area contributed by atoms with Crippen molar-refractivity contribution >= 4 is 22.1 Å². The Hall–Kier alpha value is -2.59. The maximum Gasteiger partial charge on any atom is 0.154 e. The Kier molecular flexibility index (Phi) is 3.65. The third-order valence-corrected chi connectivity index (χ3v) is 5.45. The van der Waals surface area contributed by atoms with Gasteiger partial charge >= 0.3 is 0 Å². The highest BCUT2D eigenvalue weighted by Crippen LogP contribution is 2.35.